The fourth-order valence-corrected chi connectivity index (χ4v) is 2.73. The van der Waals surface area contributed by atoms with Crippen LogP contribution in [0.5, 0.6) is 5.75 Å². The Labute approximate surface area is 120 Å². The zero-order valence-corrected chi connectivity index (χ0v) is 12.7. The van der Waals surface area contributed by atoms with Gasteiger partial charge in [0.05, 0.1) is 12.8 Å². The lowest BCUT2D eigenvalue weighted by atomic mass is 10.1. The molecule has 2 rings (SSSR count). The highest BCUT2D eigenvalue weighted by Gasteiger charge is 2.31. The van der Waals surface area contributed by atoms with E-state index in [1.54, 1.807) is 12.0 Å². The van der Waals surface area contributed by atoms with Gasteiger partial charge < -0.3 is 9.64 Å². The average molecular weight is 333 g/mol. The summed E-state index contributed by atoms with van der Waals surface area (Å²) in [6.45, 7) is 2.63. The Morgan fingerprint density at radius 2 is 2.28 bits per heavy atom. The molecule has 1 aliphatic heterocycles. The summed E-state index contributed by atoms with van der Waals surface area (Å²) in [6.07, 6.45) is 0.569. The van der Waals surface area contributed by atoms with Crippen molar-refractivity contribution in [3.05, 3.63) is 22.7 Å². The van der Waals surface area contributed by atoms with Gasteiger partial charge in [-0.3, -0.25) is 4.79 Å². The quantitative estimate of drug-likeness (QED) is 0.794. The summed E-state index contributed by atoms with van der Waals surface area (Å²) in [6, 6.07) is 3.68. The maximum atomic E-state index is 12.0. The Hall–Kier alpha value is -0.740. The number of anilines is 1. The van der Waals surface area contributed by atoms with E-state index in [1.165, 1.54) is 0 Å². The van der Waals surface area contributed by atoms with Gasteiger partial charge in [0.25, 0.3) is 0 Å². The van der Waals surface area contributed by atoms with E-state index in [-0.39, 0.29) is 5.91 Å². The van der Waals surface area contributed by atoms with E-state index in [2.05, 4.69) is 15.9 Å². The van der Waals surface area contributed by atoms with Gasteiger partial charge in [0.1, 0.15) is 5.75 Å². The summed E-state index contributed by atoms with van der Waals surface area (Å²) in [5, 5.41) is 1.48. The maximum Gasteiger partial charge on any atom is 0.227 e. The van der Waals surface area contributed by atoms with Gasteiger partial charge >= 0.3 is 0 Å². The number of rotatable bonds is 3. The number of hydrogen-bond donors (Lipinski definition) is 0. The molecule has 0 N–H and O–H groups in total. The number of hydrogen-bond acceptors (Lipinski definition) is 2. The first-order valence-corrected chi connectivity index (χ1v) is 7.27. The zero-order chi connectivity index (χ0) is 13.3. The van der Waals surface area contributed by atoms with Crippen LogP contribution in [0.4, 0.5) is 5.69 Å². The molecule has 1 saturated heterocycles. The van der Waals surface area contributed by atoms with Crippen molar-refractivity contribution in [1.29, 1.82) is 0 Å². The fraction of sp³-hybridized carbons (Fsp3) is 0.462. The smallest absolute Gasteiger partial charge is 0.227 e. The first-order chi connectivity index (χ1) is 8.56. The molecule has 1 heterocycles. The van der Waals surface area contributed by atoms with E-state index in [4.69, 9.17) is 16.3 Å². The number of methoxy groups -OCH3 is 1. The fourth-order valence-electron chi connectivity index (χ4n) is 2.14. The van der Waals surface area contributed by atoms with Gasteiger partial charge in [0, 0.05) is 23.3 Å². The first-order valence-electron chi connectivity index (χ1n) is 5.77. The second kappa shape index (κ2) is 5.49. The van der Waals surface area contributed by atoms with E-state index < -0.39 is 0 Å². The molecule has 0 bridgehead atoms. The van der Waals surface area contributed by atoms with Crippen LogP contribution in [0.25, 0.3) is 0 Å². The van der Waals surface area contributed by atoms with Crippen molar-refractivity contribution in [3.63, 3.8) is 0 Å². The molecule has 0 radical (unpaired) electrons. The van der Waals surface area contributed by atoms with Crippen LogP contribution in [0.2, 0.25) is 5.02 Å². The Morgan fingerprint density at radius 1 is 1.56 bits per heavy atom. The molecular formula is C13H15BrClNO2. The molecule has 18 heavy (non-hydrogen) atoms. The number of halogens is 2. The van der Waals surface area contributed by atoms with Crippen molar-refractivity contribution in [2.24, 2.45) is 5.92 Å². The average Bonchev–Trinajstić information content (AvgIpc) is 2.73. The van der Waals surface area contributed by atoms with Gasteiger partial charge in [-0.05, 0) is 30.5 Å². The summed E-state index contributed by atoms with van der Waals surface area (Å²) < 4.78 is 5.35. The van der Waals surface area contributed by atoms with Crippen molar-refractivity contribution in [1.82, 2.24) is 0 Å². The van der Waals surface area contributed by atoms with Gasteiger partial charge in [0.2, 0.25) is 5.91 Å². The predicted molar refractivity (Wildman–Crippen MR) is 77.0 cm³/mol. The summed E-state index contributed by atoms with van der Waals surface area (Å²) in [5.41, 5.74) is 1.71. The van der Waals surface area contributed by atoms with Crippen LogP contribution in [0.15, 0.2) is 12.1 Å². The van der Waals surface area contributed by atoms with E-state index in [0.29, 0.717) is 29.7 Å². The van der Waals surface area contributed by atoms with Gasteiger partial charge in [0.15, 0.2) is 0 Å². The minimum absolute atomic E-state index is 0.123. The number of aryl methyl sites for hydroxylation is 1. The Bertz CT molecular complexity index is 478. The second-order valence-electron chi connectivity index (χ2n) is 4.50. The van der Waals surface area contributed by atoms with Crippen LogP contribution in [-0.2, 0) is 4.79 Å². The zero-order valence-electron chi connectivity index (χ0n) is 10.4. The number of amides is 1. The molecule has 1 fully saturated rings. The van der Waals surface area contributed by atoms with Crippen molar-refractivity contribution in [3.8, 4) is 5.75 Å². The van der Waals surface area contributed by atoms with Crippen molar-refractivity contribution >= 4 is 39.1 Å². The van der Waals surface area contributed by atoms with E-state index in [0.717, 1.165) is 16.6 Å². The third-order valence-electron chi connectivity index (χ3n) is 3.17. The topological polar surface area (TPSA) is 29.5 Å². The van der Waals surface area contributed by atoms with Crippen LogP contribution < -0.4 is 9.64 Å². The van der Waals surface area contributed by atoms with E-state index in [1.807, 2.05) is 19.1 Å². The highest BCUT2D eigenvalue weighted by atomic mass is 79.9. The molecule has 1 atom stereocenters. The van der Waals surface area contributed by atoms with Crippen LogP contribution in [0.3, 0.4) is 0 Å². The lowest BCUT2D eigenvalue weighted by Crippen LogP contribution is -2.25. The van der Waals surface area contributed by atoms with Crippen LogP contribution in [0.1, 0.15) is 12.0 Å². The first kappa shape index (κ1) is 13.7. The molecule has 1 unspecified atom stereocenters. The second-order valence-corrected chi connectivity index (χ2v) is 5.56. The molecule has 5 heteroatoms. The largest absolute Gasteiger partial charge is 0.495 e. The number of ether oxygens (including phenoxy) is 1. The molecule has 1 aliphatic rings. The summed E-state index contributed by atoms with van der Waals surface area (Å²) in [5.74, 6) is 1.17. The highest BCUT2D eigenvalue weighted by molar-refractivity contribution is 9.09. The molecule has 98 valence electrons. The lowest BCUT2D eigenvalue weighted by Gasteiger charge is -2.20. The lowest BCUT2D eigenvalue weighted by molar-refractivity contribution is -0.117. The van der Waals surface area contributed by atoms with Gasteiger partial charge in [-0.2, -0.15) is 0 Å². The Kier molecular flexibility index (Phi) is 4.17. The van der Waals surface area contributed by atoms with Gasteiger partial charge in [-0.25, -0.2) is 0 Å². The molecule has 0 aromatic heterocycles. The monoisotopic (exact) mass is 331 g/mol. The van der Waals surface area contributed by atoms with Gasteiger partial charge in [-0.1, -0.05) is 27.5 Å². The Morgan fingerprint density at radius 3 is 2.83 bits per heavy atom. The number of alkyl halides is 1. The van der Waals surface area contributed by atoms with E-state index >= 15 is 0 Å². The number of carbonyl (C=O) groups excluding carboxylic acids is 1. The van der Waals surface area contributed by atoms with Gasteiger partial charge in [-0.15, -0.1) is 0 Å². The Balaban J connectivity index is 2.38. The number of nitrogens with zero attached hydrogens (tertiary/aromatic N) is 1. The SMILES string of the molecule is COc1cc(C)c(Cl)cc1N1CC(CBr)CC1=O. The third kappa shape index (κ3) is 2.50. The van der Waals surface area contributed by atoms with Crippen molar-refractivity contribution in [2.75, 3.05) is 23.9 Å². The summed E-state index contributed by atoms with van der Waals surface area (Å²) in [4.78, 5) is 13.8. The summed E-state index contributed by atoms with van der Waals surface area (Å²) in [7, 11) is 1.61. The van der Waals surface area contributed by atoms with Crippen LogP contribution in [0, 0.1) is 12.8 Å². The molecule has 1 amide bonds. The van der Waals surface area contributed by atoms with Crippen molar-refractivity contribution < 1.29 is 9.53 Å². The molecule has 1 aromatic rings. The minimum Gasteiger partial charge on any atom is -0.495 e. The van der Waals surface area contributed by atoms with Crippen molar-refractivity contribution in [2.45, 2.75) is 13.3 Å². The molecule has 0 spiro atoms. The molecule has 0 aliphatic carbocycles. The third-order valence-corrected chi connectivity index (χ3v) is 4.50. The standard InChI is InChI=1S/C13H15BrClNO2/c1-8-3-12(18-2)11(5-10(8)15)16-7-9(6-14)4-13(16)17/h3,5,9H,4,6-7H2,1-2H3. The molecule has 3 nitrogen and oxygen atoms in total. The predicted octanol–water partition coefficient (Wildman–Crippen LogP) is 3.40. The highest BCUT2D eigenvalue weighted by Crippen LogP contribution is 2.37. The molecular weight excluding hydrogens is 318 g/mol. The number of carbonyl (C=O) groups is 1. The number of benzene rings is 1. The minimum atomic E-state index is 0.123. The normalized spacial score (nSPS) is 19.4. The van der Waals surface area contributed by atoms with E-state index in [9.17, 15) is 4.79 Å². The molecule has 0 saturated carbocycles. The van der Waals surface area contributed by atoms with Crippen LogP contribution >= 0.6 is 27.5 Å². The van der Waals surface area contributed by atoms with Crippen LogP contribution in [-0.4, -0.2) is 24.9 Å². The maximum absolute atomic E-state index is 12.0. The summed E-state index contributed by atoms with van der Waals surface area (Å²) >= 11 is 9.57. The molecule has 1 aromatic carbocycles.